The van der Waals surface area contributed by atoms with Crippen LogP contribution in [0.25, 0.3) is 71.7 Å². The van der Waals surface area contributed by atoms with Gasteiger partial charge in [-0.05, 0) is 89.1 Å². The highest BCUT2D eigenvalue weighted by molar-refractivity contribution is 6.11. The number of rotatable bonds is 6. The van der Waals surface area contributed by atoms with E-state index in [2.05, 4.69) is 150 Å². The average molecular weight is 630 g/mol. The number of hydrogen-bond acceptors (Lipinski definition) is 2. The quantitative estimate of drug-likeness (QED) is 0.133. The van der Waals surface area contributed by atoms with Gasteiger partial charge in [0.1, 0.15) is 11.2 Å². The van der Waals surface area contributed by atoms with E-state index in [1.165, 1.54) is 10.8 Å². The molecule has 0 fully saturated rings. The molecule has 0 aliphatic rings. The minimum atomic E-state index is 0.489. The molecule has 0 radical (unpaired) electrons. The van der Waals surface area contributed by atoms with Gasteiger partial charge in [-0.25, -0.2) is 4.99 Å². The SMILES string of the molecule is C=NC(=NCc1cccc(-n2c3ccccc3c3cc(-c4ccc5c(c4)oc4ccccc45)ccc32)c1)c1cccc(-c2ccccc2)c1. The van der Waals surface area contributed by atoms with Crippen molar-refractivity contribution in [3.05, 3.63) is 175 Å². The Bertz CT molecular complexity index is 2710. The fourth-order valence-corrected chi connectivity index (χ4v) is 7.00. The average Bonchev–Trinajstić information content (AvgIpc) is 3.71. The summed E-state index contributed by atoms with van der Waals surface area (Å²) in [5.41, 5.74) is 11.8. The van der Waals surface area contributed by atoms with Gasteiger partial charge in [0.2, 0.25) is 0 Å². The van der Waals surface area contributed by atoms with Crippen LogP contribution >= 0.6 is 0 Å². The smallest absolute Gasteiger partial charge is 0.154 e. The Hall–Kier alpha value is -6.52. The van der Waals surface area contributed by atoms with Crippen molar-refractivity contribution in [2.75, 3.05) is 0 Å². The summed E-state index contributed by atoms with van der Waals surface area (Å²) in [4.78, 5) is 9.23. The van der Waals surface area contributed by atoms with Crippen molar-refractivity contribution in [3.63, 3.8) is 0 Å². The maximum atomic E-state index is 6.21. The monoisotopic (exact) mass is 629 g/mol. The lowest BCUT2D eigenvalue weighted by molar-refractivity contribution is 0.669. The summed E-state index contributed by atoms with van der Waals surface area (Å²) in [7, 11) is 0. The summed E-state index contributed by atoms with van der Waals surface area (Å²) in [6.07, 6.45) is 0. The zero-order chi connectivity index (χ0) is 32.7. The van der Waals surface area contributed by atoms with Gasteiger partial charge < -0.3 is 8.98 Å². The van der Waals surface area contributed by atoms with E-state index in [9.17, 15) is 0 Å². The molecular formula is C45H31N3O. The summed E-state index contributed by atoms with van der Waals surface area (Å²) in [6, 6.07) is 57.4. The zero-order valence-corrected chi connectivity index (χ0v) is 26.8. The fourth-order valence-electron chi connectivity index (χ4n) is 7.00. The fraction of sp³-hybridized carbons (Fsp3) is 0.0222. The van der Waals surface area contributed by atoms with Crippen LogP contribution in [-0.2, 0) is 6.54 Å². The Labute approximate surface area is 283 Å². The number of fused-ring (bicyclic) bond motifs is 6. The van der Waals surface area contributed by atoms with Crippen LogP contribution < -0.4 is 0 Å². The highest BCUT2D eigenvalue weighted by atomic mass is 16.3. The molecule has 7 aromatic carbocycles. The third-order valence-corrected chi connectivity index (χ3v) is 9.34. The summed E-state index contributed by atoms with van der Waals surface area (Å²) in [5.74, 6) is 0.633. The first-order valence-corrected chi connectivity index (χ1v) is 16.4. The van der Waals surface area contributed by atoms with Gasteiger partial charge in [0.05, 0.1) is 17.6 Å². The Morgan fingerprint density at radius 1 is 0.510 bits per heavy atom. The van der Waals surface area contributed by atoms with E-state index >= 15 is 0 Å². The van der Waals surface area contributed by atoms with Crippen molar-refractivity contribution in [2.24, 2.45) is 9.98 Å². The first kappa shape index (κ1) is 28.7. The van der Waals surface area contributed by atoms with E-state index in [0.29, 0.717) is 12.4 Å². The van der Waals surface area contributed by atoms with Crippen molar-refractivity contribution in [1.82, 2.24) is 4.57 Å². The van der Waals surface area contributed by atoms with Crippen molar-refractivity contribution < 1.29 is 4.42 Å². The molecule has 0 unspecified atom stereocenters. The van der Waals surface area contributed by atoms with E-state index in [-0.39, 0.29) is 0 Å². The summed E-state index contributed by atoms with van der Waals surface area (Å²) in [5, 5.41) is 4.70. The molecule has 4 heteroatoms. The summed E-state index contributed by atoms with van der Waals surface area (Å²) < 4.78 is 8.56. The van der Waals surface area contributed by atoms with Crippen molar-refractivity contribution in [2.45, 2.75) is 6.54 Å². The van der Waals surface area contributed by atoms with Gasteiger partial charge in [-0.1, -0.05) is 109 Å². The molecule has 9 aromatic rings. The third-order valence-electron chi connectivity index (χ3n) is 9.34. The second kappa shape index (κ2) is 11.9. The second-order valence-electron chi connectivity index (χ2n) is 12.3. The first-order valence-electron chi connectivity index (χ1n) is 16.4. The number of furan rings is 1. The molecule has 2 aromatic heterocycles. The minimum absolute atomic E-state index is 0.489. The molecule has 0 atom stereocenters. The van der Waals surface area contributed by atoms with Gasteiger partial charge in [-0.15, -0.1) is 0 Å². The highest BCUT2D eigenvalue weighted by Crippen LogP contribution is 2.37. The van der Waals surface area contributed by atoms with Crippen LogP contribution in [0.1, 0.15) is 11.1 Å². The van der Waals surface area contributed by atoms with Crippen LogP contribution in [0.3, 0.4) is 0 Å². The largest absolute Gasteiger partial charge is 0.456 e. The maximum Gasteiger partial charge on any atom is 0.154 e. The molecule has 4 nitrogen and oxygen atoms in total. The van der Waals surface area contributed by atoms with Crippen LogP contribution in [0.4, 0.5) is 0 Å². The van der Waals surface area contributed by atoms with Gasteiger partial charge in [0.25, 0.3) is 0 Å². The number of hydrogen-bond donors (Lipinski definition) is 0. The molecule has 0 saturated carbocycles. The second-order valence-corrected chi connectivity index (χ2v) is 12.3. The standard InChI is InChI=1S/C45H31N3O/c1-46-45(35-15-10-14-32(26-35)31-12-3-2-4-13-31)47-29-30-11-9-16-36(25-30)48-41-19-7-5-17-37(41)40-27-33(22-24-42(40)48)34-21-23-39-38-18-6-8-20-43(38)49-44(39)28-34/h2-28H,1,29H2. The Kier molecular flexibility index (Phi) is 6.98. The topological polar surface area (TPSA) is 42.8 Å². The Morgan fingerprint density at radius 3 is 2.10 bits per heavy atom. The molecule has 0 saturated heterocycles. The molecule has 0 bridgehead atoms. The molecular weight excluding hydrogens is 599 g/mol. The molecule has 232 valence electrons. The summed E-state index contributed by atoms with van der Waals surface area (Å²) >= 11 is 0. The van der Waals surface area contributed by atoms with E-state index in [4.69, 9.17) is 9.41 Å². The van der Waals surface area contributed by atoms with Gasteiger partial charge in [-0.3, -0.25) is 4.99 Å². The number of aromatic nitrogens is 1. The molecule has 2 heterocycles. The van der Waals surface area contributed by atoms with Crippen molar-refractivity contribution in [3.8, 4) is 27.9 Å². The number of nitrogens with zero attached hydrogens (tertiary/aromatic N) is 3. The van der Waals surface area contributed by atoms with E-state index in [1.807, 2.05) is 30.3 Å². The van der Waals surface area contributed by atoms with Crippen LogP contribution in [0.15, 0.2) is 178 Å². The van der Waals surface area contributed by atoms with Gasteiger partial charge in [-0.2, -0.15) is 0 Å². The van der Waals surface area contributed by atoms with Gasteiger partial charge >= 0.3 is 0 Å². The predicted octanol–water partition coefficient (Wildman–Crippen LogP) is 11.7. The molecule has 49 heavy (non-hydrogen) atoms. The first-order chi connectivity index (χ1) is 24.2. The lowest BCUT2D eigenvalue weighted by atomic mass is 10.0. The van der Waals surface area contributed by atoms with E-state index < -0.39 is 0 Å². The highest BCUT2D eigenvalue weighted by Gasteiger charge is 2.15. The number of benzene rings is 7. The normalized spacial score (nSPS) is 12.0. The molecule has 0 aliphatic heterocycles. The Morgan fingerprint density at radius 2 is 1.20 bits per heavy atom. The maximum absolute atomic E-state index is 6.21. The zero-order valence-electron chi connectivity index (χ0n) is 26.8. The lowest BCUT2D eigenvalue weighted by Crippen LogP contribution is -1.99. The molecule has 0 amide bonds. The third kappa shape index (κ3) is 5.11. The number of para-hydroxylation sites is 2. The van der Waals surface area contributed by atoms with Crippen LogP contribution in [0.2, 0.25) is 0 Å². The molecule has 9 rings (SSSR count). The Balaban J connectivity index is 1.08. The summed E-state index contributed by atoms with van der Waals surface area (Å²) in [6.45, 7) is 4.33. The molecule has 0 spiro atoms. The van der Waals surface area contributed by atoms with Crippen LogP contribution in [0.5, 0.6) is 0 Å². The number of amidine groups is 1. The predicted molar refractivity (Wildman–Crippen MR) is 205 cm³/mol. The minimum Gasteiger partial charge on any atom is -0.456 e. The van der Waals surface area contributed by atoms with Gasteiger partial charge in [0.15, 0.2) is 5.84 Å². The number of aliphatic imine (C=N–C) groups is 2. The van der Waals surface area contributed by atoms with E-state index in [0.717, 1.165) is 72.0 Å². The molecule has 0 aliphatic carbocycles. The van der Waals surface area contributed by atoms with Crippen molar-refractivity contribution in [1.29, 1.82) is 0 Å². The van der Waals surface area contributed by atoms with Gasteiger partial charge in [0, 0.05) is 32.8 Å². The van der Waals surface area contributed by atoms with Crippen molar-refractivity contribution >= 4 is 56.3 Å². The van der Waals surface area contributed by atoms with Crippen LogP contribution in [0, 0.1) is 0 Å². The van der Waals surface area contributed by atoms with E-state index in [1.54, 1.807) is 0 Å². The lowest BCUT2D eigenvalue weighted by Gasteiger charge is -2.10. The molecule has 0 N–H and O–H groups in total. The van der Waals surface area contributed by atoms with Crippen LogP contribution in [-0.4, -0.2) is 17.1 Å².